The first-order valence-corrected chi connectivity index (χ1v) is 3.36. The SMILES string of the molecule is OCCn1nc(Cl)nc1Cl. The van der Waals surface area contributed by atoms with Gasteiger partial charge in [0, 0.05) is 0 Å². The molecule has 0 aliphatic heterocycles. The molecule has 1 rings (SSSR count). The van der Waals surface area contributed by atoms with E-state index in [9.17, 15) is 0 Å². The quantitative estimate of drug-likeness (QED) is 0.727. The maximum atomic E-state index is 8.46. The number of aliphatic hydroxyl groups is 1. The zero-order valence-electron chi connectivity index (χ0n) is 4.96. The average molecular weight is 182 g/mol. The predicted octanol–water partition coefficient (Wildman–Crippen LogP) is 0.577. The molecule has 0 spiro atoms. The fourth-order valence-corrected chi connectivity index (χ4v) is 0.951. The maximum absolute atomic E-state index is 8.46. The van der Waals surface area contributed by atoms with Crippen LogP contribution in [-0.4, -0.2) is 26.5 Å². The number of halogens is 2. The Kier molecular flexibility index (Phi) is 2.48. The van der Waals surface area contributed by atoms with E-state index in [1.807, 2.05) is 0 Å². The molecule has 0 aromatic carbocycles. The van der Waals surface area contributed by atoms with Crippen molar-refractivity contribution in [3.05, 3.63) is 10.6 Å². The number of rotatable bonds is 2. The maximum Gasteiger partial charge on any atom is 0.243 e. The van der Waals surface area contributed by atoms with E-state index in [2.05, 4.69) is 10.1 Å². The minimum Gasteiger partial charge on any atom is -0.394 e. The summed E-state index contributed by atoms with van der Waals surface area (Å²) in [6.07, 6.45) is 0. The highest BCUT2D eigenvalue weighted by Crippen LogP contribution is 2.08. The van der Waals surface area contributed by atoms with Crippen molar-refractivity contribution in [1.82, 2.24) is 14.8 Å². The van der Waals surface area contributed by atoms with E-state index in [4.69, 9.17) is 28.3 Å². The molecule has 1 heterocycles. The fraction of sp³-hybridized carbons (Fsp3) is 0.500. The van der Waals surface area contributed by atoms with Gasteiger partial charge in [0.1, 0.15) is 0 Å². The molecule has 0 atom stereocenters. The van der Waals surface area contributed by atoms with Crippen LogP contribution in [0.25, 0.3) is 0 Å². The molecular weight excluding hydrogens is 177 g/mol. The Morgan fingerprint density at radius 2 is 2.20 bits per heavy atom. The number of nitrogens with zero attached hydrogens (tertiary/aromatic N) is 3. The highest BCUT2D eigenvalue weighted by molar-refractivity contribution is 6.31. The van der Waals surface area contributed by atoms with Crippen LogP contribution in [0.5, 0.6) is 0 Å². The van der Waals surface area contributed by atoms with E-state index in [1.54, 1.807) is 0 Å². The lowest BCUT2D eigenvalue weighted by Gasteiger charge is -1.94. The van der Waals surface area contributed by atoms with Crippen LogP contribution in [0.2, 0.25) is 10.6 Å². The summed E-state index contributed by atoms with van der Waals surface area (Å²) in [6.45, 7) is 0.290. The van der Waals surface area contributed by atoms with Crippen LogP contribution in [0.3, 0.4) is 0 Å². The van der Waals surface area contributed by atoms with Gasteiger partial charge in [0.2, 0.25) is 10.6 Å². The molecule has 0 unspecified atom stereocenters. The average Bonchev–Trinajstić information content (AvgIpc) is 2.13. The van der Waals surface area contributed by atoms with Gasteiger partial charge >= 0.3 is 0 Å². The lowest BCUT2D eigenvalue weighted by molar-refractivity contribution is 0.269. The van der Waals surface area contributed by atoms with Crippen molar-refractivity contribution in [2.75, 3.05) is 6.61 Å². The molecule has 0 saturated heterocycles. The van der Waals surface area contributed by atoms with Crippen molar-refractivity contribution in [1.29, 1.82) is 0 Å². The Morgan fingerprint density at radius 1 is 1.50 bits per heavy atom. The molecule has 0 aliphatic carbocycles. The van der Waals surface area contributed by atoms with Crippen molar-refractivity contribution in [3.8, 4) is 0 Å². The van der Waals surface area contributed by atoms with Gasteiger partial charge in [0.25, 0.3) is 0 Å². The summed E-state index contributed by atoms with van der Waals surface area (Å²) in [5, 5.41) is 12.4. The molecular formula is C4H5Cl2N3O. The number of hydrogen-bond donors (Lipinski definition) is 1. The predicted molar refractivity (Wildman–Crippen MR) is 37.1 cm³/mol. The first-order valence-electron chi connectivity index (χ1n) is 2.60. The Labute approximate surface area is 67.4 Å². The smallest absolute Gasteiger partial charge is 0.243 e. The van der Waals surface area contributed by atoms with E-state index in [0.29, 0.717) is 6.54 Å². The molecule has 0 fully saturated rings. The third-order valence-electron chi connectivity index (χ3n) is 0.913. The zero-order chi connectivity index (χ0) is 7.56. The van der Waals surface area contributed by atoms with E-state index in [0.717, 1.165) is 0 Å². The molecule has 0 amide bonds. The second-order valence-corrected chi connectivity index (χ2v) is 2.27. The van der Waals surface area contributed by atoms with Gasteiger partial charge in [-0.1, -0.05) is 0 Å². The van der Waals surface area contributed by atoms with Crippen LogP contribution < -0.4 is 0 Å². The summed E-state index contributed by atoms with van der Waals surface area (Å²) in [7, 11) is 0. The van der Waals surface area contributed by atoms with Gasteiger partial charge in [-0.2, -0.15) is 4.98 Å². The molecule has 6 heteroatoms. The second-order valence-electron chi connectivity index (χ2n) is 1.60. The van der Waals surface area contributed by atoms with Crippen molar-refractivity contribution in [3.63, 3.8) is 0 Å². The van der Waals surface area contributed by atoms with Gasteiger partial charge in [-0.05, 0) is 23.2 Å². The van der Waals surface area contributed by atoms with E-state index >= 15 is 0 Å². The van der Waals surface area contributed by atoms with Crippen LogP contribution in [-0.2, 0) is 6.54 Å². The van der Waals surface area contributed by atoms with Gasteiger partial charge in [-0.25, -0.2) is 4.68 Å². The Balaban J connectivity index is 2.81. The Bertz CT molecular complexity index is 224. The lowest BCUT2D eigenvalue weighted by Crippen LogP contribution is -2.03. The van der Waals surface area contributed by atoms with Crippen molar-refractivity contribution < 1.29 is 5.11 Å². The monoisotopic (exact) mass is 181 g/mol. The number of aliphatic hydroxyl groups excluding tert-OH is 1. The minimum atomic E-state index is -0.0284. The summed E-state index contributed by atoms with van der Waals surface area (Å²) in [5.41, 5.74) is 0. The molecule has 0 radical (unpaired) electrons. The zero-order valence-corrected chi connectivity index (χ0v) is 6.47. The summed E-state index contributed by atoms with van der Waals surface area (Å²) in [5.74, 6) is 0. The molecule has 0 saturated carbocycles. The van der Waals surface area contributed by atoms with Gasteiger partial charge < -0.3 is 5.11 Å². The van der Waals surface area contributed by atoms with Gasteiger partial charge in [-0.3, -0.25) is 0 Å². The van der Waals surface area contributed by atoms with Gasteiger partial charge in [0.15, 0.2) is 0 Å². The molecule has 10 heavy (non-hydrogen) atoms. The fourth-order valence-electron chi connectivity index (χ4n) is 0.534. The molecule has 1 aromatic heterocycles. The largest absolute Gasteiger partial charge is 0.394 e. The summed E-state index contributed by atoms with van der Waals surface area (Å²) in [6, 6.07) is 0. The van der Waals surface area contributed by atoms with Crippen LogP contribution >= 0.6 is 23.2 Å². The first-order chi connectivity index (χ1) is 4.74. The third kappa shape index (κ3) is 1.59. The van der Waals surface area contributed by atoms with Crippen molar-refractivity contribution >= 4 is 23.2 Å². The Morgan fingerprint density at radius 3 is 2.60 bits per heavy atom. The summed E-state index contributed by atoms with van der Waals surface area (Å²) >= 11 is 10.9. The summed E-state index contributed by atoms with van der Waals surface area (Å²) < 4.78 is 1.32. The molecule has 0 bridgehead atoms. The lowest BCUT2D eigenvalue weighted by atomic mass is 10.7. The van der Waals surface area contributed by atoms with Crippen molar-refractivity contribution in [2.24, 2.45) is 0 Å². The van der Waals surface area contributed by atoms with E-state index in [1.165, 1.54) is 4.68 Å². The van der Waals surface area contributed by atoms with Crippen LogP contribution in [0, 0.1) is 0 Å². The standard InChI is InChI=1S/C4H5Cl2N3O/c5-3-7-4(6)9(8-3)1-2-10/h10H,1-2H2. The topological polar surface area (TPSA) is 50.9 Å². The first kappa shape index (κ1) is 7.78. The second kappa shape index (κ2) is 3.18. The molecule has 4 nitrogen and oxygen atoms in total. The van der Waals surface area contributed by atoms with Crippen LogP contribution in [0.1, 0.15) is 0 Å². The van der Waals surface area contributed by atoms with Crippen LogP contribution in [0.4, 0.5) is 0 Å². The number of aromatic nitrogens is 3. The molecule has 56 valence electrons. The van der Waals surface area contributed by atoms with Crippen LogP contribution in [0.15, 0.2) is 0 Å². The molecule has 0 aliphatic rings. The normalized spacial score (nSPS) is 10.3. The minimum absolute atomic E-state index is 0.0284. The van der Waals surface area contributed by atoms with Crippen molar-refractivity contribution in [2.45, 2.75) is 6.54 Å². The Hall–Kier alpha value is -0.320. The van der Waals surface area contributed by atoms with E-state index in [-0.39, 0.29) is 17.2 Å². The molecule has 1 aromatic rings. The van der Waals surface area contributed by atoms with E-state index < -0.39 is 0 Å². The highest BCUT2D eigenvalue weighted by atomic mass is 35.5. The highest BCUT2D eigenvalue weighted by Gasteiger charge is 2.03. The number of hydrogen-bond acceptors (Lipinski definition) is 3. The molecule has 1 N–H and O–H groups in total. The van der Waals surface area contributed by atoms with Gasteiger partial charge in [-0.15, -0.1) is 5.10 Å². The summed E-state index contributed by atoms with van der Waals surface area (Å²) in [4.78, 5) is 3.60. The van der Waals surface area contributed by atoms with Gasteiger partial charge in [0.05, 0.1) is 13.2 Å². The third-order valence-corrected chi connectivity index (χ3v) is 1.35.